The van der Waals surface area contributed by atoms with Crippen LogP contribution in [0.4, 0.5) is 10.1 Å². The Morgan fingerprint density at radius 2 is 2.06 bits per heavy atom. The maximum atomic E-state index is 13.7. The van der Waals surface area contributed by atoms with Crippen LogP contribution in [0, 0.1) is 11.7 Å². The van der Waals surface area contributed by atoms with Crippen molar-refractivity contribution in [2.45, 2.75) is 4.90 Å². The minimum absolute atomic E-state index is 0.213. The number of nitrogens with zero attached hydrogens (tertiary/aromatic N) is 1. The molecule has 0 spiro atoms. The second-order valence-electron chi connectivity index (χ2n) is 4.16. The smallest absolute Gasteiger partial charge is 0.238 e. The van der Waals surface area contributed by atoms with Gasteiger partial charge in [-0.2, -0.15) is 0 Å². The van der Waals surface area contributed by atoms with Crippen LogP contribution in [-0.2, 0) is 10.0 Å². The first kappa shape index (κ1) is 12.3. The summed E-state index contributed by atoms with van der Waals surface area (Å²) in [5.41, 5.74) is 5.87. The summed E-state index contributed by atoms with van der Waals surface area (Å²) >= 11 is 0. The summed E-state index contributed by atoms with van der Waals surface area (Å²) in [6.07, 6.45) is 0. The maximum Gasteiger partial charge on any atom is 0.238 e. The van der Waals surface area contributed by atoms with Gasteiger partial charge in [0.2, 0.25) is 10.0 Å². The topological polar surface area (TPSA) is 89.4 Å². The van der Waals surface area contributed by atoms with Gasteiger partial charge >= 0.3 is 0 Å². The molecule has 1 saturated heterocycles. The van der Waals surface area contributed by atoms with Crippen LogP contribution in [0.5, 0.6) is 0 Å². The summed E-state index contributed by atoms with van der Waals surface area (Å²) in [6.45, 7) is 1.97. The summed E-state index contributed by atoms with van der Waals surface area (Å²) in [5.74, 6) is -0.195. The van der Waals surface area contributed by atoms with E-state index in [1.807, 2.05) is 4.90 Å². The van der Waals surface area contributed by atoms with Crippen molar-refractivity contribution >= 4 is 15.7 Å². The fraction of sp³-hybridized carbons (Fsp3) is 0.400. The van der Waals surface area contributed by atoms with E-state index in [0.717, 1.165) is 6.07 Å². The van der Waals surface area contributed by atoms with E-state index in [1.165, 1.54) is 12.1 Å². The first-order valence-electron chi connectivity index (χ1n) is 5.19. The van der Waals surface area contributed by atoms with E-state index >= 15 is 0 Å². The van der Waals surface area contributed by atoms with Gasteiger partial charge in [-0.05, 0) is 24.7 Å². The van der Waals surface area contributed by atoms with Crippen LogP contribution in [0.25, 0.3) is 0 Å². The lowest BCUT2D eigenvalue weighted by Gasteiger charge is -2.40. The van der Waals surface area contributed by atoms with Crippen molar-refractivity contribution in [1.82, 2.24) is 0 Å². The van der Waals surface area contributed by atoms with Gasteiger partial charge in [0.1, 0.15) is 5.82 Å². The van der Waals surface area contributed by atoms with Crippen LogP contribution in [0.3, 0.4) is 0 Å². The van der Waals surface area contributed by atoms with Gasteiger partial charge < -0.3 is 10.6 Å². The summed E-state index contributed by atoms with van der Waals surface area (Å²) in [6, 6.07) is 3.69. The van der Waals surface area contributed by atoms with Crippen molar-refractivity contribution in [2.75, 3.05) is 24.5 Å². The van der Waals surface area contributed by atoms with Crippen molar-refractivity contribution in [3.05, 3.63) is 24.0 Å². The predicted octanol–water partition coefficient (Wildman–Crippen LogP) is -0.132. The molecule has 2 rings (SSSR count). The molecule has 0 unspecified atom stereocenters. The minimum atomic E-state index is -3.85. The van der Waals surface area contributed by atoms with Crippen molar-refractivity contribution in [3.63, 3.8) is 0 Å². The maximum absolute atomic E-state index is 13.7. The SMILES string of the molecule is NCC1CN(c2ccc(S(N)(=O)=O)cc2F)C1. The lowest BCUT2D eigenvalue weighted by Crippen LogP contribution is -2.50. The molecule has 0 radical (unpaired) electrons. The van der Waals surface area contributed by atoms with Gasteiger partial charge in [0.15, 0.2) is 0 Å². The van der Waals surface area contributed by atoms with Crippen molar-refractivity contribution < 1.29 is 12.8 Å². The highest BCUT2D eigenvalue weighted by Crippen LogP contribution is 2.28. The van der Waals surface area contributed by atoms with Gasteiger partial charge in [-0.3, -0.25) is 0 Å². The van der Waals surface area contributed by atoms with Crippen LogP contribution in [-0.4, -0.2) is 28.1 Å². The van der Waals surface area contributed by atoms with E-state index in [4.69, 9.17) is 10.9 Å². The van der Waals surface area contributed by atoms with Crippen LogP contribution in [0.2, 0.25) is 0 Å². The molecule has 1 heterocycles. The molecule has 0 saturated carbocycles. The second kappa shape index (κ2) is 4.25. The van der Waals surface area contributed by atoms with E-state index < -0.39 is 15.8 Å². The number of nitrogens with two attached hydrogens (primary N) is 2. The lowest BCUT2D eigenvalue weighted by atomic mass is 9.99. The molecule has 7 heteroatoms. The fourth-order valence-corrected chi connectivity index (χ4v) is 2.36. The first-order valence-corrected chi connectivity index (χ1v) is 6.74. The summed E-state index contributed by atoms with van der Waals surface area (Å²) in [7, 11) is -3.85. The molecule has 94 valence electrons. The highest BCUT2D eigenvalue weighted by Gasteiger charge is 2.27. The molecule has 0 amide bonds. The van der Waals surface area contributed by atoms with Gasteiger partial charge in [-0.15, -0.1) is 0 Å². The Morgan fingerprint density at radius 3 is 2.53 bits per heavy atom. The molecule has 0 aliphatic carbocycles. The Morgan fingerprint density at radius 1 is 1.41 bits per heavy atom. The second-order valence-corrected chi connectivity index (χ2v) is 5.73. The Labute approximate surface area is 99.3 Å². The van der Waals surface area contributed by atoms with Gasteiger partial charge in [-0.25, -0.2) is 17.9 Å². The van der Waals surface area contributed by atoms with Gasteiger partial charge in [0.05, 0.1) is 10.6 Å². The van der Waals surface area contributed by atoms with E-state index in [-0.39, 0.29) is 4.90 Å². The monoisotopic (exact) mass is 259 g/mol. The van der Waals surface area contributed by atoms with Crippen LogP contribution >= 0.6 is 0 Å². The minimum Gasteiger partial charge on any atom is -0.368 e. The van der Waals surface area contributed by atoms with E-state index in [9.17, 15) is 12.8 Å². The molecule has 1 aliphatic heterocycles. The third kappa shape index (κ3) is 2.41. The third-order valence-corrected chi connectivity index (χ3v) is 3.79. The number of anilines is 1. The molecule has 17 heavy (non-hydrogen) atoms. The Hall–Kier alpha value is -1.18. The van der Waals surface area contributed by atoms with Gasteiger partial charge in [0.25, 0.3) is 0 Å². The van der Waals surface area contributed by atoms with Crippen molar-refractivity contribution in [3.8, 4) is 0 Å². The Kier molecular flexibility index (Phi) is 3.07. The fourth-order valence-electron chi connectivity index (χ4n) is 1.84. The molecular weight excluding hydrogens is 245 g/mol. The summed E-state index contributed by atoms with van der Waals surface area (Å²) in [5, 5.41) is 4.92. The molecule has 0 atom stereocenters. The van der Waals surface area contributed by atoms with E-state index in [2.05, 4.69) is 0 Å². The molecule has 5 nitrogen and oxygen atoms in total. The van der Waals surface area contributed by atoms with Gasteiger partial charge in [0, 0.05) is 19.0 Å². The average Bonchev–Trinajstić information content (AvgIpc) is 2.17. The van der Waals surface area contributed by atoms with Gasteiger partial charge in [-0.1, -0.05) is 0 Å². The number of rotatable bonds is 3. The molecule has 0 bridgehead atoms. The Balaban J connectivity index is 2.22. The number of hydrogen-bond acceptors (Lipinski definition) is 4. The largest absolute Gasteiger partial charge is 0.368 e. The quantitative estimate of drug-likeness (QED) is 0.791. The normalized spacial score (nSPS) is 17.0. The summed E-state index contributed by atoms with van der Waals surface area (Å²) in [4.78, 5) is 1.61. The Bertz CT molecular complexity index is 526. The average molecular weight is 259 g/mol. The molecule has 1 aromatic rings. The molecule has 1 aromatic carbocycles. The van der Waals surface area contributed by atoms with Crippen LogP contribution in [0.1, 0.15) is 0 Å². The number of benzene rings is 1. The van der Waals surface area contributed by atoms with E-state index in [0.29, 0.717) is 31.2 Å². The van der Waals surface area contributed by atoms with Crippen molar-refractivity contribution in [2.24, 2.45) is 16.8 Å². The van der Waals surface area contributed by atoms with Crippen LogP contribution in [0.15, 0.2) is 23.1 Å². The molecule has 1 fully saturated rings. The molecule has 4 N–H and O–H groups in total. The first-order chi connectivity index (χ1) is 7.91. The number of primary sulfonamides is 1. The number of sulfonamides is 1. The molecular formula is C10H14FN3O2S. The third-order valence-electron chi connectivity index (χ3n) is 2.88. The highest BCUT2D eigenvalue weighted by atomic mass is 32.2. The van der Waals surface area contributed by atoms with Crippen molar-refractivity contribution in [1.29, 1.82) is 0 Å². The molecule has 1 aliphatic rings. The predicted molar refractivity (Wildman–Crippen MR) is 62.5 cm³/mol. The lowest BCUT2D eigenvalue weighted by molar-refractivity contribution is 0.414. The standard InChI is InChI=1S/C10H14FN3O2S/c11-9-3-8(17(13,15)16)1-2-10(9)14-5-7(4-12)6-14/h1-3,7H,4-6,12H2,(H2,13,15,16). The zero-order valence-electron chi connectivity index (χ0n) is 9.14. The molecule has 0 aromatic heterocycles. The highest BCUT2D eigenvalue weighted by molar-refractivity contribution is 7.89. The van der Waals surface area contributed by atoms with Crippen LogP contribution < -0.4 is 15.8 Å². The summed E-state index contributed by atoms with van der Waals surface area (Å²) < 4.78 is 35.7. The zero-order valence-corrected chi connectivity index (χ0v) is 9.95. The number of hydrogen-bond donors (Lipinski definition) is 2. The van der Waals surface area contributed by atoms with E-state index in [1.54, 1.807) is 0 Å². The zero-order chi connectivity index (χ0) is 12.6. The number of halogens is 1.